The molecule has 2 aliphatic rings. The quantitative estimate of drug-likeness (QED) is 0.591. The molecular formula is C10H18O2. The highest BCUT2D eigenvalue weighted by Crippen LogP contribution is 2.47. The molecule has 1 saturated carbocycles. The van der Waals surface area contributed by atoms with E-state index >= 15 is 0 Å². The third kappa shape index (κ3) is 1.27. The molecule has 1 spiro atoms. The molecule has 1 heterocycles. The lowest BCUT2D eigenvalue weighted by Gasteiger charge is -2.32. The fourth-order valence-corrected chi connectivity index (χ4v) is 2.51. The van der Waals surface area contributed by atoms with Crippen LogP contribution >= 0.6 is 0 Å². The second kappa shape index (κ2) is 3.00. The predicted octanol–water partition coefficient (Wildman–Crippen LogP) is 1.98. The lowest BCUT2D eigenvalue weighted by molar-refractivity contribution is 0.00733. The maximum absolute atomic E-state index is 5.59. The summed E-state index contributed by atoms with van der Waals surface area (Å²) in [4.78, 5) is 0. The van der Waals surface area contributed by atoms with E-state index in [4.69, 9.17) is 9.47 Å². The minimum Gasteiger partial charge on any atom is -0.381 e. The summed E-state index contributed by atoms with van der Waals surface area (Å²) in [6, 6.07) is 0. The highest BCUT2D eigenvalue weighted by Gasteiger charge is 2.54. The van der Waals surface area contributed by atoms with Crippen LogP contribution in [0.5, 0.6) is 0 Å². The Kier molecular flexibility index (Phi) is 2.13. The van der Waals surface area contributed by atoms with Crippen molar-refractivity contribution in [3.8, 4) is 0 Å². The van der Waals surface area contributed by atoms with Crippen molar-refractivity contribution in [2.45, 2.75) is 44.3 Å². The molecule has 2 heteroatoms. The van der Waals surface area contributed by atoms with E-state index in [9.17, 15) is 0 Å². The molecule has 0 aromatic rings. The van der Waals surface area contributed by atoms with Gasteiger partial charge >= 0.3 is 0 Å². The maximum atomic E-state index is 5.59. The highest BCUT2D eigenvalue weighted by molar-refractivity contribution is 5.02. The molecule has 2 nitrogen and oxygen atoms in total. The summed E-state index contributed by atoms with van der Waals surface area (Å²) >= 11 is 0. The van der Waals surface area contributed by atoms with Gasteiger partial charge in [0, 0.05) is 13.0 Å². The first-order valence-electron chi connectivity index (χ1n) is 4.95. The van der Waals surface area contributed by atoms with Crippen molar-refractivity contribution in [2.24, 2.45) is 5.92 Å². The van der Waals surface area contributed by atoms with Gasteiger partial charge in [0.15, 0.2) is 0 Å². The molecule has 2 rings (SSSR count). The van der Waals surface area contributed by atoms with Crippen LogP contribution in [-0.4, -0.2) is 25.4 Å². The second-order valence-corrected chi connectivity index (χ2v) is 4.15. The van der Waals surface area contributed by atoms with Crippen molar-refractivity contribution in [3.05, 3.63) is 0 Å². The molecule has 0 radical (unpaired) electrons. The van der Waals surface area contributed by atoms with Crippen molar-refractivity contribution < 1.29 is 9.47 Å². The van der Waals surface area contributed by atoms with Gasteiger partial charge in [-0.2, -0.15) is 0 Å². The van der Waals surface area contributed by atoms with Crippen LogP contribution in [0.1, 0.15) is 32.6 Å². The zero-order chi connectivity index (χ0) is 8.60. The fourth-order valence-electron chi connectivity index (χ4n) is 2.51. The lowest BCUT2D eigenvalue weighted by atomic mass is 9.76. The van der Waals surface area contributed by atoms with E-state index in [-0.39, 0.29) is 5.60 Å². The summed E-state index contributed by atoms with van der Waals surface area (Å²) in [5, 5.41) is 0. The van der Waals surface area contributed by atoms with Crippen molar-refractivity contribution >= 4 is 0 Å². The van der Waals surface area contributed by atoms with Crippen molar-refractivity contribution in [2.75, 3.05) is 13.7 Å². The Morgan fingerprint density at radius 1 is 1.50 bits per heavy atom. The molecule has 0 bridgehead atoms. The Balaban J connectivity index is 2.01. The SMILES string of the molecule is COC(C)C1CCCCC12CO2. The van der Waals surface area contributed by atoms with Gasteiger partial charge in [0.05, 0.1) is 18.3 Å². The molecule has 0 aromatic heterocycles. The van der Waals surface area contributed by atoms with Gasteiger partial charge < -0.3 is 9.47 Å². The van der Waals surface area contributed by atoms with E-state index in [0.29, 0.717) is 12.0 Å². The van der Waals surface area contributed by atoms with Gasteiger partial charge in [-0.3, -0.25) is 0 Å². The van der Waals surface area contributed by atoms with Crippen LogP contribution < -0.4 is 0 Å². The van der Waals surface area contributed by atoms with E-state index in [0.717, 1.165) is 6.61 Å². The summed E-state index contributed by atoms with van der Waals surface area (Å²) in [6.45, 7) is 3.14. The fraction of sp³-hybridized carbons (Fsp3) is 1.00. The van der Waals surface area contributed by atoms with Gasteiger partial charge in [-0.05, 0) is 19.8 Å². The maximum Gasteiger partial charge on any atom is 0.0969 e. The minimum absolute atomic E-state index is 0.244. The zero-order valence-electron chi connectivity index (χ0n) is 8.01. The Labute approximate surface area is 74.2 Å². The number of rotatable bonds is 2. The van der Waals surface area contributed by atoms with Crippen LogP contribution in [0.15, 0.2) is 0 Å². The van der Waals surface area contributed by atoms with E-state index < -0.39 is 0 Å². The first-order valence-corrected chi connectivity index (χ1v) is 4.95. The molecular weight excluding hydrogens is 152 g/mol. The van der Waals surface area contributed by atoms with E-state index in [1.54, 1.807) is 7.11 Å². The Morgan fingerprint density at radius 3 is 2.83 bits per heavy atom. The van der Waals surface area contributed by atoms with Gasteiger partial charge in [0.25, 0.3) is 0 Å². The van der Waals surface area contributed by atoms with Crippen LogP contribution in [0.4, 0.5) is 0 Å². The van der Waals surface area contributed by atoms with Gasteiger partial charge in [0.2, 0.25) is 0 Å². The Morgan fingerprint density at radius 2 is 2.25 bits per heavy atom. The second-order valence-electron chi connectivity index (χ2n) is 4.15. The molecule has 3 atom stereocenters. The summed E-state index contributed by atoms with van der Waals surface area (Å²) < 4.78 is 11.0. The average molecular weight is 170 g/mol. The topological polar surface area (TPSA) is 21.8 Å². The van der Waals surface area contributed by atoms with Gasteiger partial charge in [0.1, 0.15) is 0 Å². The van der Waals surface area contributed by atoms with E-state index in [1.165, 1.54) is 25.7 Å². The summed E-state index contributed by atoms with van der Waals surface area (Å²) in [6.07, 6.45) is 5.60. The molecule has 0 amide bonds. The average Bonchev–Trinajstić information content (AvgIpc) is 2.85. The number of hydrogen-bond acceptors (Lipinski definition) is 2. The molecule has 0 aromatic carbocycles. The Bertz CT molecular complexity index is 163. The number of hydrogen-bond donors (Lipinski definition) is 0. The van der Waals surface area contributed by atoms with Crippen molar-refractivity contribution in [1.82, 2.24) is 0 Å². The van der Waals surface area contributed by atoms with Crippen LogP contribution in [0.3, 0.4) is 0 Å². The van der Waals surface area contributed by atoms with E-state index in [1.807, 2.05) is 0 Å². The minimum atomic E-state index is 0.244. The van der Waals surface area contributed by atoms with Gasteiger partial charge in [-0.25, -0.2) is 0 Å². The summed E-state index contributed by atoms with van der Waals surface area (Å²) in [7, 11) is 1.80. The zero-order valence-corrected chi connectivity index (χ0v) is 8.01. The monoisotopic (exact) mass is 170 g/mol. The molecule has 1 saturated heterocycles. The third-order valence-electron chi connectivity index (χ3n) is 3.49. The first kappa shape index (κ1) is 8.52. The predicted molar refractivity (Wildman–Crippen MR) is 47.1 cm³/mol. The van der Waals surface area contributed by atoms with Crippen molar-refractivity contribution in [1.29, 1.82) is 0 Å². The molecule has 12 heavy (non-hydrogen) atoms. The van der Waals surface area contributed by atoms with Crippen LogP contribution in [-0.2, 0) is 9.47 Å². The van der Waals surface area contributed by atoms with Gasteiger partial charge in [-0.1, -0.05) is 12.8 Å². The van der Waals surface area contributed by atoms with Crippen LogP contribution in [0.25, 0.3) is 0 Å². The first-order chi connectivity index (χ1) is 5.78. The largest absolute Gasteiger partial charge is 0.381 e. The molecule has 1 aliphatic carbocycles. The van der Waals surface area contributed by atoms with Crippen molar-refractivity contribution in [3.63, 3.8) is 0 Å². The third-order valence-corrected chi connectivity index (χ3v) is 3.49. The summed E-state index contributed by atoms with van der Waals surface area (Å²) in [5.41, 5.74) is 0.244. The smallest absolute Gasteiger partial charge is 0.0969 e. The van der Waals surface area contributed by atoms with E-state index in [2.05, 4.69) is 6.92 Å². The number of ether oxygens (including phenoxy) is 2. The number of methoxy groups -OCH3 is 1. The van der Waals surface area contributed by atoms with Crippen LogP contribution in [0, 0.1) is 5.92 Å². The molecule has 1 aliphatic heterocycles. The van der Waals surface area contributed by atoms with Crippen LogP contribution in [0.2, 0.25) is 0 Å². The summed E-state index contributed by atoms with van der Waals surface area (Å²) in [5.74, 6) is 0.649. The molecule has 2 fully saturated rings. The normalized spacial score (nSPS) is 43.0. The van der Waals surface area contributed by atoms with Gasteiger partial charge in [-0.15, -0.1) is 0 Å². The highest BCUT2D eigenvalue weighted by atomic mass is 16.6. The number of epoxide rings is 1. The standard InChI is InChI=1S/C10H18O2/c1-8(11-2)9-5-3-4-6-10(9)7-12-10/h8-9H,3-7H2,1-2H3. The molecule has 3 unspecified atom stereocenters. The molecule has 70 valence electrons. The Hall–Kier alpha value is -0.0800. The molecule has 0 N–H and O–H groups in total. The lowest BCUT2D eigenvalue weighted by Crippen LogP contribution is -2.36.